The van der Waals surface area contributed by atoms with Gasteiger partial charge in [0.15, 0.2) is 5.78 Å². The van der Waals surface area contributed by atoms with Gasteiger partial charge in [-0.1, -0.05) is 0 Å². The SMILES string of the molecule is COc1ccc(C(=O)C=C(C)N)cc1. The van der Waals surface area contributed by atoms with Crippen molar-refractivity contribution in [3.05, 3.63) is 41.6 Å². The summed E-state index contributed by atoms with van der Waals surface area (Å²) in [5.74, 6) is 0.641. The summed E-state index contributed by atoms with van der Waals surface area (Å²) in [5, 5.41) is 0. The van der Waals surface area contributed by atoms with E-state index in [1.165, 1.54) is 6.08 Å². The van der Waals surface area contributed by atoms with Crippen LogP contribution in [0.2, 0.25) is 0 Å². The Morgan fingerprint density at radius 2 is 1.93 bits per heavy atom. The molecule has 0 bridgehead atoms. The normalized spacial score (nSPS) is 11.1. The molecule has 0 aliphatic heterocycles. The highest BCUT2D eigenvalue weighted by Gasteiger charge is 2.01. The molecule has 1 aromatic carbocycles. The van der Waals surface area contributed by atoms with Gasteiger partial charge in [-0.25, -0.2) is 0 Å². The average molecular weight is 191 g/mol. The van der Waals surface area contributed by atoms with Gasteiger partial charge in [-0.3, -0.25) is 4.79 Å². The van der Waals surface area contributed by atoms with Gasteiger partial charge >= 0.3 is 0 Å². The lowest BCUT2D eigenvalue weighted by Crippen LogP contribution is -1.99. The van der Waals surface area contributed by atoms with Crippen LogP contribution in [0.3, 0.4) is 0 Å². The Hall–Kier alpha value is -1.77. The highest BCUT2D eigenvalue weighted by atomic mass is 16.5. The standard InChI is InChI=1S/C11H13NO2/c1-8(12)7-11(13)9-3-5-10(14-2)6-4-9/h3-7H,12H2,1-2H3. The van der Waals surface area contributed by atoms with Gasteiger partial charge in [0.1, 0.15) is 5.75 Å². The molecule has 0 aromatic heterocycles. The molecule has 1 rings (SSSR count). The van der Waals surface area contributed by atoms with Crippen LogP contribution in [-0.4, -0.2) is 12.9 Å². The second-order valence-electron chi connectivity index (χ2n) is 2.98. The van der Waals surface area contributed by atoms with E-state index in [0.29, 0.717) is 11.3 Å². The quantitative estimate of drug-likeness (QED) is 0.584. The van der Waals surface area contributed by atoms with E-state index in [2.05, 4.69) is 0 Å². The molecule has 0 aliphatic rings. The van der Waals surface area contributed by atoms with Crippen LogP contribution in [0.25, 0.3) is 0 Å². The Labute approximate surface area is 83.2 Å². The van der Waals surface area contributed by atoms with Crippen LogP contribution < -0.4 is 10.5 Å². The van der Waals surface area contributed by atoms with E-state index in [-0.39, 0.29) is 5.78 Å². The minimum atomic E-state index is -0.0901. The van der Waals surface area contributed by atoms with Gasteiger partial charge in [-0.15, -0.1) is 0 Å². The maximum absolute atomic E-state index is 11.5. The van der Waals surface area contributed by atoms with E-state index in [1.54, 1.807) is 38.3 Å². The summed E-state index contributed by atoms with van der Waals surface area (Å²) in [5.41, 5.74) is 6.51. The summed E-state index contributed by atoms with van der Waals surface area (Å²) in [7, 11) is 1.58. The fraction of sp³-hybridized carbons (Fsp3) is 0.182. The van der Waals surface area contributed by atoms with Crippen molar-refractivity contribution in [3.63, 3.8) is 0 Å². The molecule has 0 saturated carbocycles. The fourth-order valence-corrected chi connectivity index (χ4v) is 1.05. The Kier molecular flexibility index (Phi) is 3.29. The summed E-state index contributed by atoms with van der Waals surface area (Å²) in [4.78, 5) is 11.5. The molecule has 3 heteroatoms. The predicted octanol–water partition coefficient (Wildman–Crippen LogP) is 1.74. The second kappa shape index (κ2) is 4.46. The molecule has 0 aliphatic carbocycles. The summed E-state index contributed by atoms with van der Waals surface area (Å²) < 4.78 is 4.98. The van der Waals surface area contributed by atoms with Crippen molar-refractivity contribution in [1.29, 1.82) is 0 Å². The number of ether oxygens (including phenoxy) is 1. The first-order valence-electron chi connectivity index (χ1n) is 4.25. The minimum absolute atomic E-state index is 0.0901. The Balaban J connectivity index is 2.87. The average Bonchev–Trinajstić information content (AvgIpc) is 2.17. The summed E-state index contributed by atoms with van der Waals surface area (Å²) in [6.45, 7) is 1.68. The number of hydrogen-bond acceptors (Lipinski definition) is 3. The number of benzene rings is 1. The van der Waals surface area contributed by atoms with Crippen LogP contribution in [0.4, 0.5) is 0 Å². The summed E-state index contributed by atoms with van der Waals surface area (Å²) in [6.07, 6.45) is 1.40. The van der Waals surface area contributed by atoms with E-state index >= 15 is 0 Å². The van der Waals surface area contributed by atoms with Crippen molar-refractivity contribution in [2.45, 2.75) is 6.92 Å². The first kappa shape index (κ1) is 10.3. The molecule has 0 unspecified atom stereocenters. The van der Waals surface area contributed by atoms with E-state index < -0.39 is 0 Å². The molecule has 0 spiro atoms. The van der Waals surface area contributed by atoms with Gasteiger partial charge in [-0.2, -0.15) is 0 Å². The smallest absolute Gasteiger partial charge is 0.187 e. The Morgan fingerprint density at radius 1 is 1.36 bits per heavy atom. The van der Waals surface area contributed by atoms with Crippen molar-refractivity contribution in [2.75, 3.05) is 7.11 Å². The van der Waals surface area contributed by atoms with Gasteiger partial charge in [0.2, 0.25) is 0 Å². The first-order chi connectivity index (χ1) is 6.63. The lowest BCUT2D eigenvalue weighted by Gasteiger charge is -2.00. The van der Waals surface area contributed by atoms with Crippen molar-refractivity contribution >= 4 is 5.78 Å². The van der Waals surface area contributed by atoms with Crippen LogP contribution in [0.5, 0.6) is 5.75 Å². The zero-order chi connectivity index (χ0) is 10.6. The van der Waals surface area contributed by atoms with E-state index in [4.69, 9.17) is 10.5 Å². The van der Waals surface area contributed by atoms with Crippen molar-refractivity contribution in [3.8, 4) is 5.75 Å². The van der Waals surface area contributed by atoms with Crippen LogP contribution in [0.1, 0.15) is 17.3 Å². The third-order valence-electron chi connectivity index (χ3n) is 1.73. The van der Waals surface area contributed by atoms with E-state index in [0.717, 1.165) is 5.75 Å². The molecular weight excluding hydrogens is 178 g/mol. The molecule has 3 nitrogen and oxygen atoms in total. The summed E-state index contributed by atoms with van der Waals surface area (Å²) in [6, 6.07) is 6.90. The molecular formula is C11H13NO2. The topological polar surface area (TPSA) is 52.3 Å². The molecule has 74 valence electrons. The lowest BCUT2D eigenvalue weighted by molar-refractivity contribution is 0.104. The number of ketones is 1. The van der Waals surface area contributed by atoms with Crippen molar-refractivity contribution in [2.24, 2.45) is 5.73 Å². The van der Waals surface area contributed by atoms with Gasteiger partial charge in [0, 0.05) is 17.3 Å². The largest absolute Gasteiger partial charge is 0.497 e. The number of allylic oxidation sites excluding steroid dienone is 2. The molecule has 1 aromatic rings. The highest BCUT2D eigenvalue weighted by Crippen LogP contribution is 2.12. The van der Waals surface area contributed by atoms with Crippen LogP contribution >= 0.6 is 0 Å². The van der Waals surface area contributed by atoms with Crippen LogP contribution in [0.15, 0.2) is 36.0 Å². The Morgan fingerprint density at radius 3 is 2.36 bits per heavy atom. The number of carbonyl (C=O) groups is 1. The molecule has 0 amide bonds. The summed E-state index contributed by atoms with van der Waals surface area (Å²) >= 11 is 0. The van der Waals surface area contributed by atoms with Crippen molar-refractivity contribution in [1.82, 2.24) is 0 Å². The van der Waals surface area contributed by atoms with Gasteiger partial charge < -0.3 is 10.5 Å². The van der Waals surface area contributed by atoms with Gasteiger partial charge in [0.05, 0.1) is 7.11 Å². The first-order valence-corrected chi connectivity index (χ1v) is 4.25. The Bertz CT molecular complexity index is 348. The zero-order valence-corrected chi connectivity index (χ0v) is 8.28. The molecule has 2 N–H and O–H groups in total. The maximum Gasteiger partial charge on any atom is 0.187 e. The predicted molar refractivity (Wildman–Crippen MR) is 55.3 cm³/mol. The lowest BCUT2D eigenvalue weighted by atomic mass is 10.1. The number of carbonyl (C=O) groups excluding carboxylic acids is 1. The second-order valence-corrected chi connectivity index (χ2v) is 2.98. The highest BCUT2D eigenvalue weighted by molar-refractivity contribution is 6.04. The molecule has 0 radical (unpaired) electrons. The monoisotopic (exact) mass is 191 g/mol. The maximum atomic E-state index is 11.5. The van der Waals surface area contributed by atoms with Crippen LogP contribution in [-0.2, 0) is 0 Å². The molecule has 0 saturated heterocycles. The molecule has 14 heavy (non-hydrogen) atoms. The number of methoxy groups -OCH3 is 1. The van der Waals surface area contributed by atoms with Gasteiger partial charge in [0.25, 0.3) is 0 Å². The fourth-order valence-electron chi connectivity index (χ4n) is 1.05. The van der Waals surface area contributed by atoms with Crippen molar-refractivity contribution < 1.29 is 9.53 Å². The van der Waals surface area contributed by atoms with Crippen LogP contribution in [0, 0.1) is 0 Å². The molecule has 0 fully saturated rings. The molecule has 0 atom stereocenters. The third-order valence-corrected chi connectivity index (χ3v) is 1.73. The van der Waals surface area contributed by atoms with Gasteiger partial charge in [-0.05, 0) is 31.2 Å². The zero-order valence-electron chi connectivity index (χ0n) is 8.28. The molecule has 0 heterocycles. The number of rotatable bonds is 3. The minimum Gasteiger partial charge on any atom is -0.497 e. The number of nitrogens with two attached hydrogens (primary N) is 1. The number of hydrogen-bond donors (Lipinski definition) is 1. The third kappa shape index (κ3) is 2.62. The van der Waals surface area contributed by atoms with E-state index in [9.17, 15) is 4.79 Å². The van der Waals surface area contributed by atoms with E-state index in [1.807, 2.05) is 0 Å².